The van der Waals surface area contributed by atoms with Crippen molar-refractivity contribution in [3.63, 3.8) is 0 Å². The second-order valence-corrected chi connectivity index (χ2v) is 9.24. The first kappa shape index (κ1) is 24.5. The van der Waals surface area contributed by atoms with Gasteiger partial charge >= 0.3 is 0 Å². The lowest BCUT2D eigenvalue weighted by atomic mass is 10.1. The molecule has 9 heteroatoms. The Morgan fingerprint density at radius 2 is 1.91 bits per heavy atom. The Morgan fingerprint density at radius 3 is 2.56 bits per heavy atom. The average Bonchev–Trinajstić information content (AvgIpc) is 2.99. The molecular weight excluding hydrogens is 489 g/mol. The number of hydrogen-bond acceptors (Lipinski definition) is 6. The molecule has 5 nitrogen and oxygen atoms in total. The normalized spacial score (nSPS) is 14.8. The summed E-state index contributed by atoms with van der Waals surface area (Å²) in [5, 5.41) is 0.767. The van der Waals surface area contributed by atoms with Gasteiger partial charge in [-0.25, -0.2) is 0 Å². The number of benzene rings is 2. The largest absolute Gasteiger partial charge is 0.493 e. The third-order valence-corrected chi connectivity index (χ3v) is 6.49. The van der Waals surface area contributed by atoms with Crippen molar-refractivity contribution >= 4 is 63.5 Å². The summed E-state index contributed by atoms with van der Waals surface area (Å²) in [6.07, 6.45) is 4.25. The van der Waals surface area contributed by atoms with Crippen molar-refractivity contribution in [3.05, 3.63) is 69.1 Å². The minimum Gasteiger partial charge on any atom is -0.493 e. The molecule has 1 saturated heterocycles. The van der Waals surface area contributed by atoms with Crippen molar-refractivity contribution < 1.29 is 19.0 Å². The van der Waals surface area contributed by atoms with Crippen LogP contribution in [0.5, 0.6) is 17.2 Å². The molecule has 0 atom stereocenters. The summed E-state index contributed by atoms with van der Waals surface area (Å²) in [6, 6.07) is 9.00. The van der Waals surface area contributed by atoms with Crippen molar-refractivity contribution in [1.82, 2.24) is 4.90 Å². The van der Waals surface area contributed by atoms with Gasteiger partial charge in [0.05, 0.1) is 17.0 Å². The maximum absolute atomic E-state index is 12.3. The topological polar surface area (TPSA) is 48.0 Å². The molecule has 0 N–H and O–H groups in total. The lowest BCUT2D eigenvalue weighted by Gasteiger charge is -2.14. The smallest absolute Gasteiger partial charge is 0.265 e. The van der Waals surface area contributed by atoms with Gasteiger partial charge in [-0.15, -0.1) is 6.58 Å². The molecular formula is C23H21Cl2NO4S2. The number of carbonyl (C=O) groups excluding carboxylic acids is 1. The SMILES string of the molecule is C=CCc1ccc(OCCOc2c(Cl)cc(Cl)cc2C=C2SC(=S)N(C)C2=O)c(OC)c1. The van der Waals surface area contributed by atoms with E-state index in [2.05, 4.69) is 6.58 Å². The number of halogens is 2. The molecule has 1 amide bonds. The van der Waals surface area contributed by atoms with Gasteiger partial charge in [-0.05, 0) is 42.3 Å². The molecule has 0 unspecified atom stereocenters. The van der Waals surface area contributed by atoms with Crippen LogP contribution in [-0.2, 0) is 11.2 Å². The lowest BCUT2D eigenvalue weighted by molar-refractivity contribution is -0.121. The highest BCUT2D eigenvalue weighted by molar-refractivity contribution is 8.26. The molecule has 1 fully saturated rings. The molecule has 0 bridgehead atoms. The van der Waals surface area contributed by atoms with Crippen LogP contribution in [0.4, 0.5) is 0 Å². The molecule has 1 aliphatic rings. The van der Waals surface area contributed by atoms with Gasteiger partial charge in [0.15, 0.2) is 11.5 Å². The Labute approximate surface area is 206 Å². The summed E-state index contributed by atoms with van der Waals surface area (Å²) in [5.41, 5.74) is 1.67. The Balaban J connectivity index is 1.71. The van der Waals surface area contributed by atoms with Gasteiger partial charge in [-0.3, -0.25) is 9.69 Å². The number of thioether (sulfide) groups is 1. The molecule has 0 saturated carbocycles. The van der Waals surface area contributed by atoms with Gasteiger partial charge in [0.2, 0.25) is 0 Å². The number of nitrogens with zero attached hydrogens (tertiary/aromatic N) is 1. The van der Waals surface area contributed by atoms with Crippen LogP contribution in [0.15, 0.2) is 47.9 Å². The van der Waals surface area contributed by atoms with E-state index in [1.165, 1.54) is 16.7 Å². The minimum atomic E-state index is -0.183. The van der Waals surface area contributed by atoms with Gasteiger partial charge in [0, 0.05) is 17.6 Å². The van der Waals surface area contributed by atoms with Crippen LogP contribution in [-0.4, -0.2) is 42.5 Å². The highest BCUT2D eigenvalue weighted by atomic mass is 35.5. The third kappa shape index (κ3) is 5.78. The second-order valence-electron chi connectivity index (χ2n) is 6.72. The first-order valence-electron chi connectivity index (χ1n) is 9.58. The van der Waals surface area contributed by atoms with Gasteiger partial charge in [0.25, 0.3) is 5.91 Å². The minimum absolute atomic E-state index is 0.183. The Kier molecular flexibility index (Phi) is 8.48. The fourth-order valence-electron chi connectivity index (χ4n) is 2.95. The van der Waals surface area contributed by atoms with E-state index >= 15 is 0 Å². The van der Waals surface area contributed by atoms with E-state index in [9.17, 15) is 4.79 Å². The van der Waals surface area contributed by atoms with Gasteiger partial charge in [-0.2, -0.15) is 0 Å². The molecule has 1 aliphatic heterocycles. The third-order valence-electron chi connectivity index (χ3n) is 4.51. The molecule has 0 radical (unpaired) electrons. The van der Waals surface area contributed by atoms with Gasteiger partial charge < -0.3 is 14.2 Å². The number of ether oxygens (including phenoxy) is 3. The number of carbonyl (C=O) groups is 1. The fraction of sp³-hybridized carbons (Fsp3) is 0.217. The molecule has 3 rings (SSSR count). The van der Waals surface area contributed by atoms with E-state index in [0.29, 0.717) is 42.1 Å². The number of methoxy groups -OCH3 is 1. The van der Waals surface area contributed by atoms with Crippen LogP contribution >= 0.6 is 47.2 Å². The summed E-state index contributed by atoms with van der Waals surface area (Å²) in [6.45, 7) is 4.22. The number of likely N-dealkylation sites (N-methyl/N-ethyl adjacent to an activating group) is 1. The Bertz CT molecular complexity index is 1090. The fourth-order valence-corrected chi connectivity index (χ4v) is 4.68. The first-order chi connectivity index (χ1) is 15.3. The van der Waals surface area contributed by atoms with Crippen LogP contribution in [0.25, 0.3) is 6.08 Å². The number of allylic oxidation sites excluding steroid dienone is 1. The number of hydrogen-bond donors (Lipinski definition) is 0. The average molecular weight is 510 g/mol. The zero-order valence-corrected chi connectivity index (χ0v) is 20.7. The second kappa shape index (κ2) is 11.1. The maximum atomic E-state index is 12.3. The first-order valence-corrected chi connectivity index (χ1v) is 11.6. The molecule has 0 aliphatic carbocycles. The van der Waals surface area contributed by atoms with Crippen molar-refractivity contribution in [2.75, 3.05) is 27.4 Å². The molecule has 0 spiro atoms. The number of amides is 1. The summed E-state index contributed by atoms with van der Waals surface area (Å²) in [4.78, 5) is 14.2. The molecule has 32 heavy (non-hydrogen) atoms. The zero-order valence-electron chi connectivity index (χ0n) is 17.5. The van der Waals surface area contributed by atoms with Crippen molar-refractivity contribution in [2.24, 2.45) is 0 Å². The Hall–Kier alpha value is -2.19. The standard InChI is InChI=1S/C23H21Cl2NO4S2/c1-4-5-14-6-7-18(19(10-14)28-3)29-8-9-30-21-15(11-16(24)13-17(21)25)12-20-22(27)26(2)23(31)32-20/h4,6-7,10-13H,1,5,8-9H2,2-3H3. The Morgan fingerprint density at radius 1 is 1.16 bits per heavy atom. The lowest BCUT2D eigenvalue weighted by Crippen LogP contribution is -2.22. The van der Waals surface area contributed by atoms with E-state index in [1.807, 2.05) is 24.3 Å². The molecule has 2 aromatic rings. The summed E-state index contributed by atoms with van der Waals surface area (Å²) in [5.74, 6) is 1.47. The highest BCUT2D eigenvalue weighted by Gasteiger charge is 2.29. The number of thiocarbonyl (C=S) groups is 1. The molecule has 0 aromatic heterocycles. The van der Waals surface area contributed by atoms with E-state index < -0.39 is 0 Å². The predicted octanol–water partition coefficient (Wildman–Crippen LogP) is 6.02. The van der Waals surface area contributed by atoms with Crippen LogP contribution in [0.2, 0.25) is 10.0 Å². The maximum Gasteiger partial charge on any atom is 0.265 e. The van der Waals surface area contributed by atoms with E-state index in [1.54, 1.807) is 32.4 Å². The van der Waals surface area contributed by atoms with Gasteiger partial charge in [0.1, 0.15) is 23.3 Å². The zero-order chi connectivity index (χ0) is 23.3. The molecule has 1 heterocycles. The van der Waals surface area contributed by atoms with E-state index in [0.717, 1.165) is 12.0 Å². The quantitative estimate of drug-likeness (QED) is 0.178. The molecule has 168 valence electrons. The van der Waals surface area contributed by atoms with E-state index in [-0.39, 0.29) is 19.1 Å². The number of rotatable bonds is 9. The van der Waals surface area contributed by atoms with Crippen molar-refractivity contribution in [3.8, 4) is 17.2 Å². The van der Waals surface area contributed by atoms with Gasteiger partial charge in [-0.1, -0.05) is 59.3 Å². The summed E-state index contributed by atoms with van der Waals surface area (Å²) < 4.78 is 17.6. The van der Waals surface area contributed by atoms with Crippen LogP contribution in [0.1, 0.15) is 11.1 Å². The van der Waals surface area contributed by atoms with Crippen LogP contribution < -0.4 is 14.2 Å². The van der Waals surface area contributed by atoms with Crippen LogP contribution in [0.3, 0.4) is 0 Å². The predicted molar refractivity (Wildman–Crippen MR) is 135 cm³/mol. The monoisotopic (exact) mass is 509 g/mol. The van der Waals surface area contributed by atoms with E-state index in [4.69, 9.17) is 49.6 Å². The summed E-state index contributed by atoms with van der Waals surface area (Å²) >= 11 is 18.9. The highest BCUT2D eigenvalue weighted by Crippen LogP contribution is 2.38. The summed E-state index contributed by atoms with van der Waals surface area (Å²) in [7, 11) is 3.23. The molecule has 2 aromatic carbocycles. The van der Waals surface area contributed by atoms with Crippen LogP contribution in [0, 0.1) is 0 Å². The van der Waals surface area contributed by atoms with Crippen molar-refractivity contribution in [1.29, 1.82) is 0 Å². The van der Waals surface area contributed by atoms with Crippen molar-refractivity contribution in [2.45, 2.75) is 6.42 Å².